The number of nitrogens with two attached hydrogens (primary N) is 1. The van der Waals surface area contributed by atoms with Crippen LogP contribution in [0.3, 0.4) is 0 Å². The van der Waals surface area contributed by atoms with Gasteiger partial charge in [0.05, 0.1) is 12.2 Å². The summed E-state index contributed by atoms with van der Waals surface area (Å²) < 4.78 is 39.1. The molecule has 0 heterocycles. The van der Waals surface area contributed by atoms with Crippen LogP contribution in [0.1, 0.15) is 24.0 Å². The maximum absolute atomic E-state index is 13.0. The molecule has 4 N–H and O–H groups in total. The minimum Gasteiger partial charge on any atom is -0.395 e. The van der Waals surface area contributed by atoms with Gasteiger partial charge < -0.3 is 16.2 Å². The molecule has 0 atom stereocenters. The van der Waals surface area contributed by atoms with Crippen LogP contribution in [0.25, 0.3) is 0 Å². The van der Waals surface area contributed by atoms with Crippen LogP contribution < -0.4 is 11.1 Å². The van der Waals surface area contributed by atoms with Gasteiger partial charge in [0.25, 0.3) is 0 Å². The first-order valence-corrected chi connectivity index (χ1v) is 5.67. The summed E-state index contributed by atoms with van der Waals surface area (Å²) in [6.45, 7) is -0.321. The summed E-state index contributed by atoms with van der Waals surface area (Å²) in [5.41, 5.74) is 3.29. The summed E-state index contributed by atoms with van der Waals surface area (Å²) in [5.74, 6) is 0. The number of alkyl halides is 3. The minimum absolute atomic E-state index is 0.0164. The van der Waals surface area contributed by atoms with Gasteiger partial charge in [-0.05, 0) is 30.5 Å². The topological polar surface area (TPSA) is 75.4 Å². The normalized spacial score (nSPS) is 17.1. The van der Waals surface area contributed by atoms with Gasteiger partial charge in [0.1, 0.15) is 0 Å². The summed E-state index contributed by atoms with van der Waals surface area (Å²) in [5, 5.41) is 11.4. The zero-order valence-electron chi connectivity index (χ0n) is 9.92. The van der Waals surface area contributed by atoms with Gasteiger partial charge in [-0.1, -0.05) is 6.07 Å². The molecule has 0 aliphatic heterocycles. The van der Waals surface area contributed by atoms with Crippen molar-refractivity contribution < 1.29 is 23.1 Å². The van der Waals surface area contributed by atoms with E-state index in [-0.39, 0.29) is 17.9 Å². The fourth-order valence-corrected chi connectivity index (χ4v) is 2.12. The highest BCUT2D eigenvalue weighted by molar-refractivity contribution is 5.88. The maximum Gasteiger partial charge on any atom is 0.416 e. The second-order valence-corrected chi connectivity index (χ2v) is 4.69. The van der Waals surface area contributed by atoms with E-state index in [1.807, 2.05) is 0 Å². The number of rotatable bonds is 3. The van der Waals surface area contributed by atoms with Crippen LogP contribution in [-0.2, 0) is 11.6 Å². The molecule has 4 nitrogen and oxygen atoms in total. The Labute approximate surface area is 107 Å². The number of benzene rings is 1. The highest BCUT2D eigenvalue weighted by atomic mass is 19.4. The number of aliphatic hydroxyl groups excluding tert-OH is 1. The summed E-state index contributed by atoms with van der Waals surface area (Å²) in [4.78, 5) is 10.7. The van der Waals surface area contributed by atoms with Gasteiger partial charge in [-0.25, -0.2) is 4.79 Å². The average Bonchev–Trinajstić information content (AvgIpc) is 3.08. The molecule has 19 heavy (non-hydrogen) atoms. The Balaban J connectivity index is 2.47. The monoisotopic (exact) mass is 274 g/mol. The van der Waals surface area contributed by atoms with Crippen LogP contribution in [0.4, 0.5) is 23.7 Å². The van der Waals surface area contributed by atoms with Crippen molar-refractivity contribution in [2.24, 2.45) is 5.73 Å². The summed E-state index contributed by atoms with van der Waals surface area (Å²) in [7, 11) is 0. The maximum atomic E-state index is 13.0. The van der Waals surface area contributed by atoms with Gasteiger partial charge in [0, 0.05) is 11.1 Å². The number of carbonyl (C=O) groups excluding carboxylic acids is 1. The third-order valence-corrected chi connectivity index (χ3v) is 3.32. The zero-order chi connectivity index (χ0) is 14.3. The first-order valence-electron chi connectivity index (χ1n) is 5.67. The lowest BCUT2D eigenvalue weighted by Gasteiger charge is -2.20. The molecular formula is C12H13F3N2O2. The van der Waals surface area contributed by atoms with Gasteiger partial charge in [0.15, 0.2) is 0 Å². The second kappa shape index (κ2) is 4.41. The number of hydrogen-bond acceptors (Lipinski definition) is 2. The van der Waals surface area contributed by atoms with Gasteiger partial charge in [-0.15, -0.1) is 0 Å². The Bertz CT molecular complexity index is 510. The lowest BCUT2D eigenvalue weighted by atomic mass is 9.91. The highest BCUT2D eigenvalue weighted by Gasteiger charge is 2.48. The Morgan fingerprint density at radius 1 is 1.42 bits per heavy atom. The van der Waals surface area contributed by atoms with Crippen LogP contribution in [-0.4, -0.2) is 17.7 Å². The molecule has 0 saturated heterocycles. The van der Waals surface area contributed by atoms with E-state index in [4.69, 9.17) is 5.73 Å². The largest absolute Gasteiger partial charge is 0.416 e. The second-order valence-electron chi connectivity index (χ2n) is 4.69. The van der Waals surface area contributed by atoms with E-state index in [9.17, 15) is 23.1 Å². The Morgan fingerprint density at radius 3 is 2.47 bits per heavy atom. The van der Waals surface area contributed by atoms with Gasteiger partial charge in [0.2, 0.25) is 0 Å². The van der Waals surface area contributed by atoms with Crippen LogP contribution in [0.15, 0.2) is 18.2 Å². The standard InChI is InChI=1S/C12H13F3N2O2/c13-12(14,15)9-5-7(17-10(16)19)1-2-8(9)11(6-18)3-4-11/h1-2,5,18H,3-4,6H2,(H3,16,17,19). The van der Waals surface area contributed by atoms with Crippen LogP contribution in [0, 0.1) is 0 Å². The molecule has 1 aliphatic rings. The zero-order valence-corrected chi connectivity index (χ0v) is 9.92. The highest BCUT2D eigenvalue weighted by Crippen LogP contribution is 2.51. The summed E-state index contributed by atoms with van der Waals surface area (Å²) >= 11 is 0. The summed E-state index contributed by atoms with van der Waals surface area (Å²) in [6, 6.07) is 2.56. The molecule has 2 amide bonds. The molecule has 0 unspecified atom stereocenters. The number of primary amides is 1. The van der Waals surface area contributed by atoms with E-state index in [0.29, 0.717) is 12.8 Å². The van der Waals surface area contributed by atoms with E-state index < -0.39 is 23.2 Å². The van der Waals surface area contributed by atoms with Crippen molar-refractivity contribution in [1.82, 2.24) is 0 Å². The van der Waals surface area contributed by atoms with Crippen molar-refractivity contribution in [3.8, 4) is 0 Å². The fourth-order valence-electron chi connectivity index (χ4n) is 2.12. The van der Waals surface area contributed by atoms with E-state index in [2.05, 4.69) is 5.32 Å². The molecule has 2 rings (SSSR count). The van der Waals surface area contributed by atoms with Crippen molar-refractivity contribution in [2.45, 2.75) is 24.4 Å². The van der Waals surface area contributed by atoms with E-state index in [0.717, 1.165) is 6.07 Å². The van der Waals surface area contributed by atoms with Gasteiger partial charge in [-0.3, -0.25) is 0 Å². The first-order chi connectivity index (χ1) is 8.78. The number of urea groups is 1. The van der Waals surface area contributed by atoms with Crippen LogP contribution >= 0.6 is 0 Å². The van der Waals surface area contributed by atoms with E-state index >= 15 is 0 Å². The predicted octanol–water partition coefficient (Wildman–Crippen LogP) is 2.22. The summed E-state index contributed by atoms with van der Waals surface area (Å²) in [6.07, 6.45) is -3.50. The number of aliphatic hydroxyl groups is 1. The average molecular weight is 274 g/mol. The predicted molar refractivity (Wildman–Crippen MR) is 62.6 cm³/mol. The smallest absolute Gasteiger partial charge is 0.395 e. The third-order valence-electron chi connectivity index (χ3n) is 3.32. The molecule has 1 fully saturated rings. The minimum atomic E-state index is -4.55. The van der Waals surface area contributed by atoms with Crippen LogP contribution in [0.5, 0.6) is 0 Å². The Kier molecular flexibility index (Phi) is 3.17. The molecule has 1 aromatic carbocycles. The molecular weight excluding hydrogens is 261 g/mol. The fraction of sp³-hybridized carbons (Fsp3) is 0.417. The molecule has 1 aromatic rings. The van der Waals surface area contributed by atoms with Gasteiger partial charge in [-0.2, -0.15) is 13.2 Å². The molecule has 1 aliphatic carbocycles. The Morgan fingerprint density at radius 2 is 2.05 bits per heavy atom. The number of anilines is 1. The lowest BCUT2D eigenvalue weighted by Crippen LogP contribution is -2.22. The molecule has 104 valence electrons. The van der Waals surface area contributed by atoms with Gasteiger partial charge >= 0.3 is 12.2 Å². The third kappa shape index (κ3) is 2.65. The number of carbonyl (C=O) groups is 1. The number of nitrogens with one attached hydrogen (secondary N) is 1. The molecule has 0 spiro atoms. The number of halogens is 3. The molecule has 7 heteroatoms. The van der Waals surface area contributed by atoms with Crippen molar-refractivity contribution in [3.63, 3.8) is 0 Å². The molecule has 0 radical (unpaired) electrons. The van der Waals surface area contributed by atoms with E-state index in [1.54, 1.807) is 0 Å². The first kappa shape index (κ1) is 13.7. The number of amides is 2. The molecule has 1 saturated carbocycles. The quantitative estimate of drug-likeness (QED) is 0.790. The number of hydrogen-bond donors (Lipinski definition) is 3. The van der Waals surface area contributed by atoms with Crippen molar-refractivity contribution in [3.05, 3.63) is 29.3 Å². The SMILES string of the molecule is NC(=O)Nc1ccc(C2(CO)CC2)c(C(F)(F)F)c1. The van der Waals surface area contributed by atoms with Crippen LogP contribution in [0.2, 0.25) is 0 Å². The lowest BCUT2D eigenvalue weighted by molar-refractivity contribution is -0.138. The molecule has 0 aromatic heterocycles. The Hall–Kier alpha value is -1.76. The van der Waals surface area contributed by atoms with Crippen molar-refractivity contribution in [1.29, 1.82) is 0 Å². The van der Waals surface area contributed by atoms with E-state index in [1.165, 1.54) is 12.1 Å². The molecule has 0 bridgehead atoms. The van der Waals surface area contributed by atoms with Crippen molar-refractivity contribution in [2.75, 3.05) is 11.9 Å². The van der Waals surface area contributed by atoms with Crippen molar-refractivity contribution >= 4 is 11.7 Å².